The first-order valence-electron chi connectivity index (χ1n) is 11.6. The van der Waals surface area contributed by atoms with E-state index in [-0.39, 0.29) is 23.3 Å². The van der Waals surface area contributed by atoms with Crippen LogP contribution in [-0.4, -0.2) is 65.0 Å². The molecule has 0 bridgehead atoms. The summed E-state index contributed by atoms with van der Waals surface area (Å²) < 4.78 is 39.0. The lowest BCUT2D eigenvalue weighted by atomic mass is 9.90. The molecule has 34 heavy (non-hydrogen) atoms. The molecular formula is C24H29ClF3N3O3. The molecule has 2 heterocycles. The number of likely N-dealkylation sites (tertiary alicyclic amines) is 1. The number of hydrogen-bond donors (Lipinski definition) is 1. The highest BCUT2D eigenvalue weighted by Crippen LogP contribution is 2.53. The minimum absolute atomic E-state index is 0.0126. The minimum atomic E-state index is -4.54. The number of amides is 2. The maximum Gasteiger partial charge on any atom is 0.417 e. The number of benzene rings is 1. The average molecular weight is 500 g/mol. The molecule has 186 valence electrons. The van der Waals surface area contributed by atoms with Crippen molar-refractivity contribution in [2.75, 3.05) is 31.1 Å². The summed E-state index contributed by atoms with van der Waals surface area (Å²) in [6, 6.07) is 3.32. The highest BCUT2D eigenvalue weighted by molar-refractivity contribution is 6.31. The number of carbonyl (C=O) groups excluding carboxylic acids is 2. The van der Waals surface area contributed by atoms with Gasteiger partial charge in [0.05, 0.1) is 16.7 Å². The number of aliphatic hydroxyl groups excluding tert-OH is 1. The molecule has 1 N–H and O–H groups in total. The fourth-order valence-electron chi connectivity index (χ4n) is 4.90. The van der Waals surface area contributed by atoms with Gasteiger partial charge in [-0.05, 0) is 56.2 Å². The zero-order chi connectivity index (χ0) is 24.7. The Kier molecular flexibility index (Phi) is 6.88. The van der Waals surface area contributed by atoms with Gasteiger partial charge in [0.2, 0.25) is 11.8 Å². The Balaban J connectivity index is 1.32. The van der Waals surface area contributed by atoms with Crippen molar-refractivity contribution >= 4 is 29.1 Å². The van der Waals surface area contributed by atoms with Crippen LogP contribution in [0, 0.1) is 5.41 Å². The van der Waals surface area contributed by atoms with Crippen LogP contribution in [0.3, 0.4) is 0 Å². The standard InChI is InChI=1S/C24H29ClF3N3O3/c1-16-14-29(10-2-3-21(33)30-12-9-23(7-8-23)20(32)15-30)22(34)6-11-31(16)17-4-5-18(19(25)13-17)24(26,27)28/h4-6,11,13,16,20,32H,2-3,7-10,12,14-15H2,1H3. The minimum Gasteiger partial charge on any atom is -0.391 e. The first kappa shape index (κ1) is 24.9. The zero-order valence-electron chi connectivity index (χ0n) is 19.0. The van der Waals surface area contributed by atoms with Gasteiger partial charge in [-0.25, -0.2) is 0 Å². The van der Waals surface area contributed by atoms with Crippen LogP contribution in [-0.2, 0) is 15.8 Å². The molecule has 2 amide bonds. The Morgan fingerprint density at radius 1 is 1.24 bits per heavy atom. The predicted octanol–water partition coefficient (Wildman–Crippen LogP) is 4.06. The summed E-state index contributed by atoms with van der Waals surface area (Å²) in [6.07, 6.45) is 1.65. The van der Waals surface area contributed by atoms with E-state index in [1.54, 1.807) is 20.9 Å². The second kappa shape index (κ2) is 9.41. The third kappa shape index (κ3) is 5.20. The van der Waals surface area contributed by atoms with Gasteiger partial charge >= 0.3 is 6.18 Å². The van der Waals surface area contributed by atoms with Gasteiger partial charge in [-0.15, -0.1) is 0 Å². The van der Waals surface area contributed by atoms with Crippen LogP contribution in [0.4, 0.5) is 18.9 Å². The molecule has 4 rings (SSSR count). The van der Waals surface area contributed by atoms with Gasteiger partial charge in [-0.1, -0.05) is 11.6 Å². The summed E-state index contributed by atoms with van der Waals surface area (Å²) in [7, 11) is 0. The van der Waals surface area contributed by atoms with Crippen LogP contribution in [0.15, 0.2) is 30.5 Å². The molecule has 1 saturated carbocycles. The Hall–Kier alpha value is -2.26. The summed E-state index contributed by atoms with van der Waals surface area (Å²) >= 11 is 5.87. The number of alkyl halides is 3. The first-order chi connectivity index (χ1) is 16.0. The molecule has 1 spiro atoms. The molecule has 1 saturated heterocycles. The Labute approximate surface area is 201 Å². The molecule has 1 aliphatic carbocycles. The lowest BCUT2D eigenvalue weighted by molar-refractivity contribution is -0.137. The maximum absolute atomic E-state index is 13.0. The Morgan fingerprint density at radius 2 is 1.97 bits per heavy atom. The van der Waals surface area contributed by atoms with Gasteiger partial charge in [0.1, 0.15) is 0 Å². The van der Waals surface area contributed by atoms with Gasteiger partial charge in [-0.2, -0.15) is 13.2 Å². The van der Waals surface area contributed by atoms with Crippen molar-refractivity contribution in [2.45, 2.75) is 57.3 Å². The topological polar surface area (TPSA) is 64.1 Å². The van der Waals surface area contributed by atoms with E-state index in [0.29, 0.717) is 44.7 Å². The van der Waals surface area contributed by atoms with Gasteiger partial charge < -0.3 is 19.8 Å². The quantitative estimate of drug-likeness (QED) is 0.663. The van der Waals surface area contributed by atoms with E-state index in [2.05, 4.69) is 0 Å². The number of rotatable bonds is 5. The number of carbonyl (C=O) groups is 2. The average Bonchev–Trinajstić information content (AvgIpc) is 3.55. The van der Waals surface area contributed by atoms with Crippen molar-refractivity contribution in [3.8, 4) is 0 Å². The fourth-order valence-corrected chi connectivity index (χ4v) is 5.18. The predicted molar refractivity (Wildman–Crippen MR) is 122 cm³/mol. The number of nitrogens with zero attached hydrogens (tertiary/aromatic N) is 3. The lowest BCUT2D eigenvalue weighted by Crippen LogP contribution is -2.47. The van der Waals surface area contributed by atoms with Crippen LogP contribution < -0.4 is 4.90 Å². The monoisotopic (exact) mass is 499 g/mol. The molecule has 1 aromatic rings. The second-order valence-electron chi connectivity index (χ2n) is 9.59. The van der Waals surface area contributed by atoms with Gasteiger partial charge in [0, 0.05) is 56.6 Å². The molecule has 6 nitrogen and oxygen atoms in total. The molecule has 0 aromatic heterocycles. The number of halogens is 4. The van der Waals surface area contributed by atoms with Crippen molar-refractivity contribution in [3.05, 3.63) is 41.1 Å². The van der Waals surface area contributed by atoms with E-state index in [9.17, 15) is 27.9 Å². The van der Waals surface area contributed by atoms with Crippen LogP contribution in [0.25, 0.3) is 0 Å². The molecule has 3 aliphatic rings. The number of anilines is 1. The van der Waals surface area contributed by atoms with E-state index in [1.807, 2.05) is 6.92 Å². The third-order valence-corrected chi connectivity index (χ3v) is 7.56. The second-order valence-corrected chi connectivity index (χ2v) is 10.00. The normalized spacial score (nSPS) is 24.5. The zero-order valence-corrected chi connectivity index (χ0v) is 19.8. The maximum atomic E-state index is 13.0. The molecule has 2 atom stereocenters. The smallest absolute Gasteiger partial charge is 0.391 e. The molecule has 1 aromatic carbocycles. The SMILES string of the molecule is CC1CN(CCCC(=O)N2CCC3(CC3)C(O)C2)C(=O)C=CN1c1ccc(C(F)(F)F)c(Cl)c1. The van der Waals surface area contributed by atoms with Gasteiger partial charge in [0.15, 0.2) is 0 Å². The molecule has 0 radical (unpaired) electrons. The number of hydrogen-bond acceptors (Lipinski definition) is 4. The van der Waals surface area contributed by atoms with E-state index < -0.39 is 22.9 Å². The van der Waals surface area contributed by atoms with E-state index in [0.717, 1.165) is 25.3 Å². The molecule has 2 aliphatic heterocycles. The van der Waals surface area contributed by atoms with E-state index in [1.165, 1.54) is 18.2 Å². The van der Waals surface area contributed by atoms with Crippen LogP contribution >= 0.6 is 11.6 Å². The van der Waals surface area contributed by atoms with Crippen molar-refractivity contribution in [3.63, 3.8) is 0 Å². The van der Waals surface area contributed by atoms with Gasteiger partial charge in [-0.3, -0.25) is 9.59 Å². The van der Waals surface area contributed by atoms with Crippen LogP contribution in [0.1, 0.15) is 44.6 Å². The van der Waals surface area contributed by atoms with Crippen molar-refractivity contribution < 1.29 is 27.9 Å². The van der Waals surface area contributed by atoms with E-state index in [4.69, 9.17) is 11.6 Å². The molecule has 10 heteroatoms. The van der Waals surface area contributed by atoms with Crippen molar-refractivity contribution in [2.24, 2.45) is 5.41 Å². The Morgan fingerprint density at radius 3 is 2.59 bits per heavy atom. The van der Waals surface area contributed by atoms with Gasteiger partial charge in [0.25, 0.3) is 0 Å². The third-order valence-electron chi connectivity index (χ3n) is 7.25. The number of β-amino-alcohol motifs (C(OH)–C–C–N with tert-alkyl or cyclic N) is 1. The largest absolute Gasteiger partial charge is 0.417 e. The number of piperidine rings is 1. The number of aliphatic hydroxyl groups is 1. The summed E-state index contributed by atoms with van der Waals surface area (Å²) in [5.41, 5.74) is -0.398. The van der Waals surface area contributed by atoms with Crippen molar-refractivity contribution in [1.82, 2.24) is 9.80 Å². The molecular weight excluding hydrogens is 471 g/mol. The summed E-state index contributed by atoms with van der Waals surface area (Å²) in [4.78, 5) is 30.3. The van der Waals surface area contributed by atoms with Crippen LogP contribution in [0.2, 0.25) is 5.02 Å². The van der Waals surface area contributed by atoms with E-state index >= 15 is 0 Å². The molecule has 2 unspecified atom stereocenters. The fraction of sp³-hybridized carbons (Fsp3) is 0.583. The lowest BCUT2D eigenvalue weighted by Gasteiger charge is -2.36. The molecule has 2 fully saturated rings. The summed E-state index contributed by atoms with van der Waals surface area (Å²) in [6.45, 7) is 3.66. The highest BCUT2D eigenvalue weighted by Gasteiger charge is 2.51. The van der Waals surface area contributed by atoms with Crippen molar-refractivity contribution in [1.29, 1.82) is 0 Å². The summed E-state index contributed by atoms with van der Waals surface area (Å²) in [5.74, 6) is -0.231. The van der Waals surface area contributed by atoms with Crippen LogP contribution in [0.5, 0.6) is 0 Å². The summed E-state index contributed by atoms with van der Waals surface area (Å²) in [5, 5.41) is 9.91. The Bertz CT molecular complexity index is 980. The highest BCUT2D eigenvalue weighted by atomic mass is 35.5. The first-order valence-corrected chi connectivity index (χ1v) is 12.0.